The van der Waals surface area contributed by atoms with Crippen LogP contribution in [-0.4, -0.2) is 16.1 Å². The molecule has 1 heterocycles. The van der Waals surface area contributed by atoms with Crippen molar-refractivity contribution in [3.63, 3.8) is 0 Å². The summed E-state index contributed by atoms with van der Waals surface area (Å²) in [4.78, 5) is 15.7. The molecule has 0 amide bonds. The first kappa shape index (κ1) is 10.2. The summed E-state index contributed by atoms with van der Waals surface area (Å²) in [6.07, 6.45) is 5.98. The van der Waals surface area contributed by atoms with Crippen molar-refractivity contribution in [1.29, 1.82) is 0 Å². The highest BCUT2D eigenvalue weighted by molar-refractivity contribution is 5.30. The second-order valence-corrected chi connectivity index (χ2v) is 4.39. The van der Waals surface area contributed by atoms with Crippen LogP contribution in [0.4, 0.5) is 5.82 Å². The Balaban J connectivity index is 1.98. The topological polar surface area (TPSA) is 46.9 Å². The van der Waals surface area contributed by atoms with Crippen molar-refractivity contribution in [3.8, 4) is 0 Å². The molecule has 15 heavy (non-hydrogen) atoms. The second-order valence-electron chi connectivity index (χ2n) is 4.39. The Morgan fingerprint density at radius 3 is 3.07 bits per heavy atom. The van der Waals surface area contributed by atoms with Crippen molar-refractivity contribution in [3.05, 3.63) is 22.7 Å². The van der Waals surface area contributed by atoms with Crippen LogP contribution in [0.1, 0.15) is 19.8 Å². The lowest BCUT2D eigenvalue weighted by atomic mass is 10.1. The second kappa shape index (κ2) is 4.04. The van der Waals surface area contributed by atoms with E-state index in [1.807, 2.05) is 0 Å². The number of hydrogen-bond acceptors (Lipinski definition) is 3. The Kier molecular flexibility index (Phi) is 2.75. The van der Waals surface area contributed by atoms with Crippen molar-refractivity contribution in [2.24, 2.45) is 18.9 Å². The van der Waals surface area contributed by atoms with Crippen LogP contribution in [0.2, 0.25) is 0 Å². The molecule has 1 aliphatic carbocycles. The molecule has 0 saturated heterocycles. The first-order chi connectivity index (χ1) is 7.18. The fourth-order valence-corrected chi connectivity index (χ4v) is 1.71. The number of anilines is 1. The summed E-state index contributed by atoms with van der Waals surface area (Å²) in [5, 5.41) is 3.13. The van der Waals surface area contributed by atoms with Gasteiger partial charge in [0.15, 0.2) is 5.82 Å². The van der Waals surface area contributed by atoms with E-state index >= 15 is 0 Å². The molecule has 1 fully saturated rings. The molecule has 1 aromatic rings. The van der Waals surface area contributed by atoms with E-state index in [1.54, 1.807) is 19.4 Å². The standard InChI is InChI=1S/C11H17N3O/c1-8(9-3-4-9)7-13-10-11(15)14(2)6-5-12-10/h5-6,8-9H,3-4,7H2,1-2H3,(H,12,13). The molecule has 4 nitrogen and oxygen atoms in total. The van der Waals surface area contributed by atoms with Crippen LogP contribution in [0, 0.1) is 11.8 Å². The minimum Gasteiger partial charge on any atom is -0.365 e. The predicted octanol–water partition coefficient (Wildman–Crippen LogP) is 1.24. The zero-order chi connectivity index (χ0) is 10.8. The lowest BCUT2D eigenvalue weighted by molar-refractivity contribution is 0.535. The normalized spacial score (nSPS) is 17.5. The maximum Gasteiger partial charge on any atom is 0.293 e. The van der Waals surface area contributed by atoms with Gasteiger partial charge in [-0.1, -0.05) is 6.92 Å². The van der Waals surface area contributed by atoms with Gasteiger partial charge in [-0.15, -0.1) is 0 Å². The Labute approximate surface area is 89.3 Å². The number of aromatic nitrogens is 2. The minimum atomic E-state index is -0.0551. The molecule has 1 saturated carbocycles. The SMILES string of the molecule is CC(CNc1nccn(C)c1=O)C1CC1. The molecule has 0 bridgehead atoms. The summed E-state index contributed by atoms with van der Waals surface area (Å²) in [5.41, 5.74) is -0.0551. The lowest BCUT2D eigenvalue weighted by Gasteiger charge is -2.11. The van der Waals surface area contributed by atoms with E-state index in [4.69, 9.17) is 0 Å². The van der Waals surface area contributed by atoms with Crippen LogP contribution in [0.5, 0.6) is 0 Å². The van der Waals surface area contributed by atoms with Crippen molar-refractivity contribution < 1.29 is 0 Å². The maximum absolute atomic E-state index is 11.6. The van der Waals surface area contributed by atoms with E-state index in [0.29, 0.717) is 11.7 Å². The number of hydrogen-bond donors (Lipinski definition) is 1. The van der Waals surface area contributed by atoms with Crippen molar-refractivity contribution in [2.75, 3.05) is 11.9 Å². The quantitative estimate of drug-likeness (QED) is 0.808. The molecule has 0 aliphatic heterocycles. The van der Waals surface area contributed by atoms with Crippen molar-refractivity contribution in [1.82, 2.24) is 9.55 Å². The fourth-order valence-electron chi connectivity index (χ4n) is 1.71. The van der Waals surface area contributed by atoms with Gasteiger partial charge < -0.3 is 9.88 Å². The zero-order valence-corrected chi connectivity index (χ0v) is 9.23. The highest BCUT2D eigenvalue weighted by Crippen LogP contribution is 2.36. The minimum absolute atomic E-state index is 0.0551. The molecule has 2 rings (SSSR count). The zero-order valence-electron chi connectivity index (χ0n) is 9.23. The monoisotopic (exact) mass is 207 g/mol. The van der Waals surface area contributed by atoms with Gasteiger partial charge in [0.25, 0.3) is 5.56 Å². The smallest absolute Gasteiger partial charge is 0.293 e. The average Bonchev–Trinajstić information content (AvgIpc) is 3.03. The molecule has 1 aromatic heterocycles. The van der Waals surface area contributed by atoms with Gasteiger partial charge in [-0.25, -0.2) is 4.98 Å². The van der Waals surface area contributed by atoms with Crippen LogP contribution in [0.3, 0.4) is 0 Å². The van der Waals surface area contributed by atoms with Gasteiger partial charge in [0.05, 0.1) is 0 Å². The Morgan fingerprint density at radius 2 is 2.40 bits per heavy atom. The van der Waals surface area contributed by atoms with Gasteiger partial charge in [0.1, 0.15) is 0 Å². The molecule has 4 heteroatoms. The van der Waals surface area contributed by atoms with E-state index in [1.165, 1.54) is 17.4 Å². The predicted molar refractivity (Wildman–Crippen MR) is 59.9 cm³/mol. The number of nitrogens with zero attached hydrogens (tertiary/aromatic N) is 2. The van der Waals surface area contributed by atoms with E-state index in [0.717, 1.165) is 12.5 Å². The maximum atomic E-state index is 11.6. The van der Waals surface area contributed by atoms with E-state index in [2.05, 4.69) is 17.2 Å². The third-order valence-electron chi connectivity index (χ3n) is 3.04. The van der Waals surface area contributed by atoms with Gasteiger partial charge in [-0.3, -0.25) is 4.79 Å². The number of rotatable bonds is 4. The Morgan fingerprint density at radius 1 is 1.67 bits per heavy atom. The number of aryl methyl sites for hydroxylation is 1. The Hall–Kier alpha value is -1.32. The van der Waals surface area contributed by atoms with Crippen molar-refractivity contribution >= 4 is 5.82 Å². The first-order valence-corrected chi connectivity index (χ1v) is 5.44. The van der Waals surface area contributed by atoms with Crippen LogP contribution >= 0.6 is 0 Å². The van der Waals surface area contributed by atoms with Gasteiger partial charge in [0, 0.05) is 26.0 Å². The van der Waals surface area contributed by atoms with Gasteiger partial charge in [-0.2, -0.15) is 0 Å². The summed E-state index contributed by atoms with van der Waals surface area (Å²) in [6.45, 7) is 3.06. The molecule has 82 valence electrons. The highest BCUT2D eigenvalue weighted by atomic mass is 16.1. The lowest BCUT2D eigenvalue weighted by Crippen LogP contribution is -2.24. The summed E-state index contributed by atoms with van der Waals surface area (Å²) >= 11 is 0. The van der Waals surface area contributed by atoms with Crippen LogP contribution in [0.15, 0.2) is 17.2 Å². The summed E-state index contributed by atoms with van der Waals surface area (Å²) < 4.78 is 1.54. The van der Waals surface area contributed by atoms with E-state index < -0.39 is 0 Å². The number of nitrogens with one attached hydrogen (secondary N) is 1. The summed E-state index contributed by atoms with van der Waals surface area (Å²) in [7, 11) is 1.74. The van der Waals surface area contributed by atoms with Gasteiger partial charge in [0.2, 0.25) is 0 Å². The van der Waals surface area contributed by atoms with Gasteiger partial charge in [-0.05, 0) is 24.7 Å². The molecular weight excluding hydrogens is 190 g/mol. The Bertz CT molecular complexity index is 395. The molecule has 1 atom stereocenters. The molecule has 0 aromatic carbocycles. The van der Waals surface area contributed by atoms with Crippen LogP contribution < -0.4 is 10.9 Å². The van der Waals surface area contributed by atoms with E-state index in [9.17, 15) is 4.79 Å². The fraction of sp³-hybridized carbons (Fsp3) is 0.636. The molecular formula is C11H17N3O. The molecule has 1 unspecified atom stereocenters. The van der Waals surface area contributed by atoms with Crippen LogP contribution in [0.25, 0.3) is 0 Å². The average molecular weight is 207 g/mol. The highest BCUT2D eigenvalue weighted by Gasteiger charge is 2.27. The molecule has 1 aliphatic rings. The van der Waals surface area contributed by atoms with Gasteiger partial charge >= 0.3 is 0 Å². The molecule has 0 radical (unpaired) electrons. The van der Waals surface area contributed by atoms with E-state index in [-0.39, 0.29) is 5.56 Å². The third-order valence-corrected chi connectivity index (χ3v) is 3.04. The molecule has 1 N–H and O–H groups in total. The van der Waals surface area contributed by atoms with Crippen molar-refractivity contribution in [2.45, 2.75) is 19.8 Å². The first-order valence-electron chi connectivity index (χ1n) is 5.44. The summed E-state index contributed by atoms with van der Waals surface area (Å²) in [5.74, 6) is 1.95. The summed E-state index contributed by atoms with van der Waals surface area (Å²) in [6, 6.07) is 0. The molecule has 0 spiro atoms. The third kappa shape index (κ3) is 2.37. The van der Waals surface area contributed by atoms with Crippen LogP contribution in [-0.2, 0) is 7.05 Å². The largest absolute Gasteiger partial charge is 0.365 e.